The first-order valence-electron chi connectivity index (χ1n) is 5.51. The molecule has 18 heavy (non-hydrogen) atoms. The third-order valence-corrected chi connectivity index (χ3v) is 3.67. The lowest BCUT2D eigenvalue weighted by Gasteiger charge is -2.13. The van der Waals surface area contributed by atoms with Crippen molar-refractivity contribution in [2.24, 2.45) is 5.73 Å². The number of hydrogen-bond acceptors (Lipinski definition) is 5. The maximum Gasteiger partial charge on any atom is 0.0920 e. The summed E-state index contributed by atoms with van der Waals surface area (Å²) in [7, 11) is 1.65. The van der Waals surface area contributed by atoms with E-state index in [1.54, 1.807) is 29.3 Å². The first-order valence-corrected chi connectivity index (χ1v) is 6.77. The maximum atomic E-state index is 6.21. The number of aryl methyl sites for hydroxylation is 1. The predicted molar refractivity (Wildman–Crippen MR) is 72.0 cm³/mol. The predicted octanol–water partition coefficient (Wildman–Crippen LogP) is 2.00. The molecule has 2 aromatic heterocycles. The zero-order valence-electron chi connectivity index (χ0n) is 10.3. The molecule has 98 valence electrons. The molecule has 2 rings (SSSR count). The summed E-state index contributed by atoms with van der Waals surface area (Å²) in [6.45, 7) is 3.13. The number of aromatic nitrogens is 3. The fourth-order valence-electron chi connectivity index (χ4n) is 1.70. The number of ether oxygens (including phenoxy) is 1. The van der Waals surface area contributed by atoms with Gasteiger partial charge in [0.25, 0.3) is 0 Å². The van der Waals surface area contributed by atoms with E-state index in [4.69, 9.17) is 22.1 Å². The summed E-state index contributed by atoms with van der Waals surface area (Å²) in [5, 5.41) is 7.70. The second kappa shape index (κ2) is 5.79. The number of rotatable bonds is 5. The molecule has 0 bridgehead atoms. The summed E-state index contributed by atoms with van der Waals surface area (Å²) < 4.78 is 6.81. The SMILES string of the molecule is COCCn1ncc(Cl)c1C(N)c1csc(C)n1. The van der Waals surface area contributed by atoms with E-state index in [9.17, 15) is 0 Å². The molecule has 1 atom stereocenters. The van der Waals surface area contributed by atoms with Crippen LogP contribution < -0.4 is 5.73 Å². The van der Waals surface area contributed by atoms with E-state index in [1.165, 1.54) is 0 Å². The Hall–Kier alpha value is -0.950. The third-order valence-electron chi connectivity index (χ3n) is 2.59. The number of thiazole rings is 1. The van der Waals surface area contributed by atoms with Gasteiger partial charge in [-0.2, -0.15) is 5.10 Å². The summed E-state index contributed by atoms with van der Waals surface area (Å²) >= 11 is 7.72. The van der Waals surface area contributed by atoms with Gasteiger partial charge in [-0.1, -0.05) is 11.6 Å². The lowest BCUT2D eigenvalue weighted by atomic mass is 10.1. The van der Waals surface area contributed by atoms with E-state index in [0.29, 0.717) is 18.2 Å². The molecule has 0 spiro atoms. The Kier molecular flexibility index (Phi) is 4.34. The largest absolute Gasteiger partial charge is 0.383 e. The lowest BCUT2D eigenvalue weighted by molar-refractivity contribution is 0.182. The number of nitrogens with zero attached hydrogens (tertiary/aromatic N) is 3. The Labute approximate surface area is 115 Å². The van der Waals surface area contributed by atoms with Crippen LogP contribution in [-0.4, -0.2) is 28.5 Å². The van der Waals surface area contributed by atoms with E-state index in [-0.39, 0.29) is 6.04 Å². The first kappa shape index (κ1) is 13.5. The highest BCUT2D eigenvalue weighted by molar-refractivity contribution is 7.09. The average molecular weight is 287 g/mol. The molecule has 0 saturated carbocycles. The van der Waals surface area contributed by atoms with Crippen molar-refractivity contribution in [3.8, 4) is 0 Å². The van der Waals surface area contributed by atoms with Gasteiger partial charge in [0.15, 0.2) is 0 Å². The molecule has 5 nitrogen and oxygen atoms in total. The minimum absolute atomic E-state index is 0.359. The quantitative estimate of drug-likeness (QED) is 0.913. The summed E-state index contributed by atoms with van der Waals surface area (Å²) in [4.78, 5) is 4.39. The molecule has 2 N–H and O–H groups in total. The molecule has 0 saturated heterocycles. The third kappa shape index (κ3) is 2.72. The van der Waals surface area contributed by atoms with Gasteiger partial charge in [0.05, 0.1) is 46.8 Å². The maximum absolute atomic E-state index is 6.21. The first-order chi connectivity index (χ1) is 8.63. The molecular formula is C11H15ClN4OS. The Morgan fingerprint density at radius 3 is 3.00 bits per heavy atom. The van der Waals surface area contributed by atoms with Crippen molar-refractivity contribution in [3.05, 3.63) is 33.0 Å². The molecule has 0 fully saturated rings. The Bertz CT molecular complexity index is 525. The van der Waals surface area contributed by atoms with Gasteiger partial charge < -0.3 is 10.5 Å². The standard InChI is InChI=1S/C11H15ClN4OS/c1-7-15-9(6-18-7)10(13)11-8(12)5-14-16(11)3-4-17-2/h5-6,10H,3-4,13H2,1-2H3. The van der Waals surface area contributed by atoms with Crippen LogP contribution in [-0.2, 0) is 11.3 Å². The highest BCUT2D eigenvalue weighted by Crippen LogP contribution is 2.27. The van der Waals surface area contributed by atoms with Gasteiger partial charge in [0, 0.05) is 12.5 Å². The van der Waals surface area contributed by atoms with Crippen LogP contribution in [0.4, 0.5) is 0 Å². The summed E-state index contributed by atoms with van der Waals surface area (Å²) in [6.07, 6.45) is 1.60. The van der Waals surface area contributed by atoms with Crippen molar-refractivity contribution >= 4 is 22.9 Å². The van der Waals surface area contributed by atoms with Crippen LogP contribution in [0.5, 0.6) is 0 Å². The van der Waals surface area contributed by atoms with E-state index in [1.807, 2.05) is 12.3 Å². The number of hydrogen-bond donors (Lipinski definition) is 1. The van der Waals surface area contributed by atoms with Gasteiger partial charge in [0.2, 0.25) is 0 Å². The van der Waals surface area contributed by atoms with Crippen LogP contribution in [0.3, 0.4) is 0 Å². The fraction of sp³-hybridized carbons (Fsp3) is 0.455. The fourth-order valence-corrected chi connectivity index (χ4v) is 2.61. The van der Waals surface area contributed by atoms with Gasteiger partial charge in [-0.25, -0.2) is 4.98 Å². The molecule has 0 aromatic carbocycles. The topological polar surface area (TPSA) is 66.0 Å². The lowest BCUT2D eigenvalue weighted by Crippen LogP contribution is -2.19. The van der Waals surface area contributed by atoms with E-state index in [2.05, 4.69) is 10.1 Å². The van der Waals surface area contributed by atoms with Crippen molar-refractivity contribution in [2.45, 2.75) is 19.5 Å². The molecular weight excluding hydrogens is 272 g/mol. The molecule has 0 aliphatic carbocycles. The second-order valence-electron chi connectivity index (χ2n) is 3.86. The van der Waals surface area contributed by atoms with Crippen molar-refractivity contribution in [3.63, 3.8) is 0 Å². The molecule has 2 heterocycles. The monoisotopic (exact) mass is 286 g/mol. The molecule has 0 aliphatic heterocycles. The normalized spacial score (nSPS) is 12.9. The van der Waals surface area contributed by atoms with E-state index < -0.39 is 0 Å². The Morgan fingerprint density at radius 2 is 2.39 bits per heavy atom. The van der Waals surface area contributed by atoms with E-state index >= 15 is 0 Å². The average Bonchev–Trinajstić information content (AvgIpc) is 2.92. The molecule has 0 radical (unpaired) electrons. The molecule has 2 aromatic rings. The van der Waals surface area contributed by atoms with Gasteiger partial charge in [-0.3, -0.25) is 4.68 Å². The molecule has 0 amide bonds. The van der Waals surface area contributed by atoms with Crippen LogP contribution in [0, 0.1) is 6.92 Å². The summed E-state index contributed by atoms with van der Waals surface area (Å²) in [5.74, 6) is 0. The van der Waals surface area contributed by atoms with Gasteiger partial charge in [-0.15, -0.1) is 11.3 Å². The minimum atomic E-state index is -0.359. The van der Waals surface area contributed by atoms with Gasteiger partial charge >= 0.3 is 0 Å². The Balaban J connectivity index is 2.28. The zero-order chi connectivity index (χ0) is 13.1. The van der Waals surface area contributed by atoms with Crippen molar-refractivity contribution in [1.29, 1.82) is 0 Å². The van der Waals surface area contributed by atoms with Crippen LogP contribution in [0.2, 0.25) is 5.02 Å². The number of methoxy groups -OCH3 is 1. The zero-order valence-corrected chi connectivity index (χ0v) is 11.8. The van der Waals surface area contributed by atoms with Crippen LogP contribution in [0.1, 0.15) is 22.4 Å². The smallest absolute Gasteiger partial charge is 0.0920 e. The summed E-state index contributed by atoms with van der Waals surface area (Å²) in [6, 6.07) is -0.359. The van der Waals surface area contributed by atoms with Crippen LogP contribution in [0.15, 0.2) is 11.6 Å². The summed E-state index contributed by atoms with van der Waals surface area (Å²) in [5.41, 5.74) is 7.80. The number of nitrogens with two attached hydrogens (primary N) is 1. The van der Waals surface area contributed by atoms with Crippen molar-refractivity contribution in [2.75, 3.05) is 13.7 Å². The van der Waals surface area contributed by atoms with Gasteiger partial charge in [0.1, 0.15) is 0 Å². The highest BCUT2D eigenvalue weighted by atomic mass is 35.5. The number of halogens is 1. The Morgan fingerprint density at radius 1 is 1.61 bits per heavy atom. The highest BCUT2D eigenvalue weighted by Gasteiger charge is 2.20. The van der Waals surface area contributed by atoms with Crippen molar-refractivity contribution < 1.29 is 4.74 Å². The molecule has 7 heteroatoms. The van der Waals surface area contributed by atoms with E-state index in [0.717, 1.165) is 16.4 Å². The van der Waals surface area contributed by atoms with Gasteiger partial charge in [-0.05, 0) is 6.92 Å². The van der Waals surface area contributed by atoms with Crippen LogP contribution in [0.25, 0.3) is 0 Å². The second-order valence-corrected chi connectivity index (χ2v) is 5.33. The molecule has 1 unspecified atom stereocenters. The minimum Gasteiger partial charge on any atom is -0.383 e. The molecule has 0 aliphatic rings. The van der Waals surface area contributed by atoms with Crippen molar-refractivity contribution in [1.82, 2.24) is 14.8 Å². The van der Waals surface area contributed by atoms with Crippen LogP contribution >= 0.6 is 22.9 Å².